The molecule has 46 heavy (non-hydrogen) atoms. The van der Waals surface area contributed by atoms with E-state index in [1.54, 1.807) is 0 Å². The molecule has 214 valence electrons. The van der Waals surface area contributed by atoms with Crippen molar-refractivity contribution in [3.05, 3.63) is 164 Å². The van der Waals surface area contributed by atoms with Crippen molar-refractivity contribution in [2.75, 3.05) is 0 Å². The number of rotatable bonds is 3. The summed E-state index contributed by atoms with van der Waals surface area (Å²) in [4.78, 5) is 3.64. The third kappa shape index (κ3) is 3.59. The summed E-state index contributed by atoms with van der Waals surface area (Å²) in [5.74, 6) is 0. The van der Waals surface area contributed by atoms with Crippen molar-refractivity contribution in [2.24, 2.45) is 0 Å². The molecule has 2 heterocycles. The van der Waals surface area contributed by atoms with Gasteiger partial charge in [0, 0.05) is 38.3 Å². The Bertz CT molecular complexity index is 2800. The molecule has 10 rings (SSSR count). The van der Waals surface area contributed by atoms with Crippen LogP contribution in [0.4, 0.5) is 0 Å². The zero-order valence-electron chi connectivity index (χ0n) is 25.0. The summed E-state index contributed by atoms with van der Waals surface area (Å²) in [6, 6.07) is 59.7. The van der Waals surface area contributed by atoms with Crippen molar-refractivity contribution < 1.29 is 0 Å². The first-order chi connectivity index (χ1) is 22.8. The minimum atomic E-state index is 1.16. The van der Waals surface area contributed by atoms with E-state index >= 15 is 0 Å². The number of aromatic nitrogens is 2. The summed E-state index contributed by atoms with van der Waals surface area (Å²) >= 11 is 0. The molecule has 0 saturated heterocycles. The lowest BCUT2D eigenvalue weighted by Gasteiger charge is -2.16. The molecule has 2 aromatic heterocycles. The van der Waals surface area contributed by atoms with Crippen molar-refractivity contribution in [3.63, 3.8) is 0 Å². The largest absolute Gasteiger partial charge is 0.354 e. The number of benzene rings is 8. The van der Waals surface area contributed by atoms with Crippen LogP contribution in [0.1, 0.15) is 0 Å². The van der Waals surface area contributed by atoms with Crippen molar-refractivity contribution in [1.29, 1.82) is 0 Å². The predicted octanol–water partition coefficient (Wildman–Crippen LogP) is 12.1. The molecule has 2 heteroatoms. The van der Waals surface area contributed by atoms with Gasteiger partial charge in [0.2, 0.25) is 0 Å². The zero-order chi connectivity index (χ0) is 30.2. The average Bonchev–Trinajstić information content (AvgIpc) is 3.66. The first kappa shape index (κ1) is 25.2. The summed E-state index contributed by atoms with van der Waals surface area (Å²) < 4.78 is 2.42. The molecule has 1 N–H and O–H groups in total. The van der Waals surface area contributed by atoms with Crippen LogP contribution in [0.5, 0.6) is 0 Å². The molecular weight excluding hydrogens is 556 g/mol. The number of hydrogen-bond acceptors (Lipinski definition) is 0. The average molecular weight is 585 g/mol. The topological polar surface area (TPSA) is 20.7 Å². The highest BCUT2D eigenvalue weighted by Gasteiger charge is 2.19. The van der Waals surface area contributed by atoms with Gasteiger partial charge in [0.15, 0.2) is 0 Å². The molecular formula is C44H28N2. The van der Waals surface area contributed by atoms with E-state index in [9.17, 15) is 0 Å². The minimum absolute atomic E-state index is 1.16. The molecule has 0 fully saturated rings. The number of para-hydroxylation sites is 3. The predicted molar refractivity (Wildman–Crippen MR) is 196 cm³/mol. The summed E-state index contributed by atoms with van der Waals surface area (Å²) in [6.07, 6.45) is 0. The third-order valence-corrected chi connectivity index (χ3v) is 9.72. The van der Waals surface area contributed by atoms with Crippen molar-refractivity contribution >= 4 is 65.2 Å². The number of H-pyrrole nitrogens is 1. The Morgan fingerprint density at radius 2 is 0.935 bits per heavy atom. The molecule has 0 bridgehead atoms. The van der Waals surface area contributed by atoms with E-state index in [1.807, 2.05) is 0 Å². The Hall–Kier alpha value is -6.12. The quantitative estimate of drug-likeness (QED) is 0.213. The van der Waals surface area contributed by atoms with E-state index < -0.39 is 0 Å². The van der Waals surface area contributed by atoms with E-state index in [0.717, 1.165) is 5.52 Å². The van der Waals surface area contributed by atoms with Gasteiger partial charge >= 0.3 is 0 Å². The standard InChI is InChI=1S/C44H28N2/c1-2-12-29(13-3-1)46-42-21-11-9-19-38(42)44-37-18-7-6-16-33(37)39(27-43(44)46)34-25-24-30(31-14-4-5-15-32(31)34)28-22-23-36-35-17-8-10-20-40(35)45-41(36)26-28/h1-27,45H. The second kappa shape index (κ2) is 9.69. The highest BCUT2D eigenvalue weighted by atomic mass is 15.0. The van der Waals surface area contributed by atoms with Gasteiger partial charge in [0.25, 0.3) is 0 Å². The Morgan fingerprint density at radius 3 is 1.74 bits per heavy atom. The maximum atomic E-state index is 3.64. The Morgan fingerprint density at radius 1 is 0.348 bits per heavy atom. The first-order valence-electron chi connectivity index (χ1n) is 15.9. The van der Waals surface area contributed by atoms with Gasteiger partial charge < -0.3 is 9.55 Å². The lowest BCUT2D eigenvalue weighted by atomic mass is 9.89. The van der Waals surface area contributed by atoms with Gasteiger partial charge in [-0.25, -0.2) is 0 Å². The molecule has 0 saturated carbocycles. The van der Waals surface area contributed by atoms with Crippen LogP contribution < -0.4 is 0 Å². The first-order valence-corrected chi connectivity index (χ1v) is 15.9. The maximum absolute atomic E-state index is 3.64. The van der Waals surface area contributed by atoms with Crippen molar-refractivity contribution in [2.45, 2.75) is 0 Å². The highest BCUT2D eigenvalue weighted by Crippen LogP contribution is 2.44. The summed E-state index contributed by atoms with van der Waals surface area (Å²) in [5.41, 5.74) is 10.9. The van der Waals surface area contributed by atoms with E-state index in [2.05, 4.69) is 173 Å². The summed E-state index contributed by atoms with van der Waals surface area (Å²) in [6.45, 7) is 0. The Kier molecular flexibility index (Phi) is 5.31. The fourth-order valence-corrected chi connectivity index (χ4v) is 7.72. The van der Waals surface area contributed by atoms with Crippen molar-refractivity contribution in [1.82, 2.24) is 9.55 Å². The van der Waals surface area contributed by atoms with Gasteiger partial charge in [-0.2, -0.15) is 0 Å². The van der Waals surface area contributed by atoms with E-state index in [4.69, 9.17) is 0 Å². The molecule has 0 aliphatic carbocycles. The van der Waals surface area contributed by atoms with E-state index in [-0.39, 0.29) is 0 Å². The fourth-order valence-electron chi connectivity index (χ4n) is 7.72. The van der Waals surface area contributed by atoms with Gasteiger partial charge in [0.1, 0.15) is 0 Å². The second-order valence-corrected chi connectivity index (χ2v) is 12.2. The van der Waals surface area contributed by atoms with Crippen LogP contribution in [0.15, 0.2) is 164 Å². The van der Waals surface area contributed by atoms with E-state index in [1.165, 1.54) is 87.6 Å². The lowest BCUT2D eigenvalue weighted by Crippen LogP contribution is -1.94. The van der Waals surface area contributed by atoms with Crippen LogP contribution in [0.2, 0.25) is 0 Å². The van der Waals surface area contributed by atoms with Crippen LogP contribution in [0.3, 0.4) is 0 Å². The Labute approximate surface area is 265 Å². The zero-order valence-corrected chi connectivity index (χ0v) is 25.0. The fraction of sp³-hybridized carbons (Fsp3) is 0. The molecule has 8 aromatic carbocycles. The Balaban J connectivity index is 1.26. The third-order valence-electron chi connectivity index (χ3n) is 9.72. The molecule has 0 unspecified atom stereocenters. The van der Waals surface area contributed by atoms with Crippen LogP contribution >= 0.6 is 0 Å². The van der Waals surface area contributed by atoms with Crippen molar-refractivity contribution in [3.8, 4) is 27.9 Å². The number of hydrogen-bond donors (Lipinski definition) is 1. The number of aromatic amines is 1. The maximum Gasteiger partial charge on any atom is 0.0553 e. The van der Waals surface area contributed by atoms with Gasteiger partial charge in [-0.05, 0) is 80.2 Å². The smallest absolute Gasteiger partial charge is 0.0553 e. The van der Waals surface area contributed by atoms with E-state index in [0.29, 0.717) is 0 Å². The summed E-state index contributed by atoms with van der Waals surface area (Å²) in [7, 11) is 0. The second-order valence-electron chi connectivity index (χ2n) is 12.2. The normalized spacial score (nSPS) is 11.9. The van der Waals surface area contributed by atoms with Crippen LogP contribution in [-0.2, 0) is 0 Å². The van der Waals surface area contributed by atoms with Gasteiger partial charge in [0.05, 0.1) is 11.0 Å². The van der Waals surface area contributed by atoms with Crippen LogP contribution in [0.25, 0.3) is 93.1 Å². The number of nitrogens with one attached hydrogen (secondary N) is 1. The molecule has 2 nitrogen and oxygen atoms in total. The lowest BCUT2D eigenvalue weighted by molar-refractivity contribution is 1.18. The SMILES string of the molecule is c1ccc(-n2c3ccccc3c3c4ccccc4c(-c4ccc(-c5ccc6c(c5)[nH]c5ccccc56)c5ccccc45)cc32)cc1. The molecule has 10 aromatic rings. The van der Waals surface area contributed by atoms with Gasteiger partial charge in [-0.3, -0.25) is 0 Å². The monoisotopic (exact) mass is 584 g/mol. The number of nitrogens with zero attached hydrogens (tertiary/aromatic N) is 1. The molecule has 0 atom stereocenters. The van der Waals surface area contributed by atoms with Gasteiger partial charge in [-0.1, -0.05) is 127 Å². The molecule has 0 spiro atoms. The molecule has 0 radical (unpaired) electrons. The molecule has 0 aliphatic heterocycles. The summed E-state index contributed by atoms with van der Waals surface area (Å²) in [5, 5.41) is 10.1. The minimum Gasteiger partial charge on any atom is -0.354 e. The molecule has 0 amide bonds. The van der Waals surface area contributed by atoms with Crippen LogP contribution in [0, 0.1) is 0 Å². The van der Waals surface area contributed by atoms with Crippen LogP contribution in [-0.4, -0.2) is 9.55 Å². The number of fused-ring (bicyclic) bond motifs is 9. The molecule has 0 aliphatic rings. The highest BCUT2D eigenvalue weighted by molar-refractivity contribution is 6.25. The van der Waals surface area contributed by atoms with Gasteiger partial charge in [-0.15, -0.1) is 0 Å².